The van der Waals surface area contributed by atoms with Gasteiger partial charge >= 0.3 is 0 Å². The van der Waals surface area contributed by atoms with Gasteiger partial charge in [-0.15, -0.1) is 0 Å². The van der Waals surface area contributed by atoms with Crippen LogP contribution in [-0.4, -0.2) is 51.4 Å². The van der Waals surface area contributed by atoms with Crippen molar-refractivity contribution in [1.82, 2.24) is 0 Å². The average molecular weight is 487 g/mol. The summed E-state index contributed by atoms with van der Waals surface area (Å²) in [4.78, 5) is 6.73. The number of benzene rings is 2. The fourth-order valence-electron chi connectivity index (χ4n) is 3.68. The number of fused-ring (bicyclic) bond motifs is 1. The van der Waals surface area contributed by atoms with Gasteiger partial charge in [-0.05, 0) is 29.8 Å². The van der Waals surface area contributed by atoms with Crippen molar-refractivity contribution in [2.75, 3.05) is 30.6 Å². The van der Waals surface area contributed by atoms with E-state index in [1.54, 1.807) is 26.4 Å². The number of amidine groups is 1. The largest absolute Gasteiger partial charge is 0.497 e. The van der Waals surface area contributed by atoms with Crippen LogP contribution < -0.4 is 14.4 Å². The third-order valence-electron chi connectivity index (χ3n) is 5.11. The number of hydrogen-bond donors (Lipinski definition) is 0. The normalized spacial score (nSPS) is 22.0. The van der Waals surface area contributed by atoms with Gasteiger partial charge in [-0.2, -0.15) is 0 Å². The van der Waals surface area contributed by atoms with Crippen LogP contribution in [0.15, 0.2) is 41.4 Å². The summed E-state index contributed by atoms with van der Waals surface area (Å²) in [6, 6.07) is 10.4. The Kier molecular flexibility index (Phi) is 6.12. The molecule has 0 unspecified atom stereocenters. The van der Waals surface area contributed by atoms with Gasteiger partial charge < -0.3 is 14.4 Å². The van der Waals surface area contributed by atoms with E-state index in [9.17, 15) is 8.42 Å². The van der Waals surface area contributed by atoms with Gasteiger partial charge in [0.1, 0.15) is 11.5 Å². The zero-order chi connectivity index (χ0) is 21.5. The second-order valence-electron chi connectivity index (χ2n) is 7.07. The molecule has 0 aromatic heterocycles. The van der Waals surface area contributed by atoms with E-state index in [0.29, 0.717) is 27.3 Å². The Hall–Kier alpha value is -1.61. The van der Waals surface area contributed by atoms with Crippen molar-refractivity contribution in [2.45, 2.75) is 17.8 Å². The van der Waals surface area contributed by atoms with Crippen molar-refractivity contribution in [3.05, 3.63) is 52.0 Å². The number of anilines is 1. The molecule has 2 aliphatic rings. The maximum atomic E-state index is 12.3. The number of halogens is 2. The molecule has 2 aliphatic heterocycles. The van der Waals surface area contributed by atoms with Crippen molar-refractivity contribution in [3.63, 3.8) is 0 Å². The lowest BCUT2D eigenvalue weighted by Crippen LogP contribution is -2.39. The van der Waals surface area contributed by atoms with E-state index in [2.05, 4.69) is 0 Å². The van der Waals surface area contributed by atoms with E-state index in [1.807, 2.05) is 29.2 Å². The van der Waals surface area contributed by atoms with Crippen LogP contribution in [0.3, 0.4) is 0 Å². The minimum absolute atomic E-state index is 0.0529. The van der Waals surface area contributed by atoms with E-state index in [0.717, 1.165) is 16.4 Å². The topological polar surface area (TPSA) is 68.2 Å². The van der Waals surface area contributed by atoms with Gasteiger partial charge in [-0.1, -0.05) is 41.0 Å². The first-order valence-corrected chi connectivity index (χ1v) is 12.7. The fourth-order valence-corrected chi connectivity index (χ4v) is 6.90. The zero-order valence-corrected chi connectivity index (χ0v) is 19.5. The highest BCUT2D eigenvalue weighted by Gasteiger charge is 2.47. The molecule has 4 rings (SSSR count). The lowest BCUT2D eigenvalue weighted by atomic mass is 10.1. The van der Waals surface area contributed by atoms with E-state index in [4.69, 9.17) is 37.7 Å². The summed E-state index contributed by atoms with van der Waals surface area (Å²) >= 11 is 13.7. The fraction of sp³-hybridized carbons (Fsp3) is 0.350. The number of hydrogen-bond acceptors (Lipinski definition) is 7. The maximum absolute atomic E-state index is 12.3. The molecule has 2 atom stereocenters. The number of thioether (sulfide) groups is 1. The van der Waals surface area contributed by atoms with Crippen molar-refractivity contribution in [3.8, 4) is 11.5 Å². The molecular weight excluding hydrogens is 467 g/mol. The molecule has 0 N–H and O–H groups in total. The van der Waals surface area contributed by atoms with Gasteiger partial charge in [-0.25, -0.2) is 8.42 Å². The Bertz CT molecular complexity index is 1110. The molecule has 160 valence electrons. The molecule has 0 aliphatic carbocycles. The van der Waals surface area contributed by atoms with Crippen LogP contribution in [0.5, 0.6) is 11.5 Å². The number of nitrogens with zero attached hydrogens (tertiary/aromatic N) is 2. The molecule has 2 heterocycles. The standard InChI is InChI=1S/C20H20Cl2N2O4S2/c1-27-13-4-6-19(28-2)17(8-13)24-18-11-30(25,26)10-16(18)23-20(24)29-9-12-3-5-14(21)15(22)7-12/h3-8,16,18H,9-11H2,1-2H3/t16-,18-/m0/s1. The molecule has 30 heavy (non-hydrogen) atoms. The quantitative estimate of drug-likeness (QED) is 0.627. The minimum atomic E-state index is -3.14. The first kappa shape index (κ1) is 21.6. The van der Waals surface area contributed by atoms with Crippen LogP contribution in [0.1, 0.15) is 5.56 Å². The van der Waals surface area contributed by atoms with Crippen molar-refractivity contribution >= 4 is 55.7 Å². The highest BCUT2D eigenvalue weighted by atomic mass is 35.5. The molecule has 0 bridgehead atoms. The second-order valence-corrected chi connectivity index (χ2v) is 11.0. The Labute approximate surface area is 190 Å². The lowest BCUT2D eigenvalue weighted by molar-refractivity contribution is 0.403. The summed E-state index contributed by atoms with van der Waals surface area (Å²) in [5.74, 6) is 2.01. The summed E-state index contributed by atoms with van der Waals surface area (Å²) < 4.78 is 35.5. The summed E-state index contributed by atoms with van der Waals surface area (Å²) in [5, 5.41) is 1.75. The summed E-state index contributed by atoms with van der Waals surface area (Å²) in [6.45, 7) is 0. The van der Waals surface area contributed by atoms with Gasteiger partial charge in [0, 0.05) is 11.8 Å². The van der Waals surface area contributed by atoms with E-state index < -0.39 is 9.84 Å². The lowest BCUT2D eigenvalue weighted by Gasteiger charge is -2.28. The second kappa shape index (κ2) is 8.49. The average Bonchev–Trinajstić information content (AvgIpc) is 3.19. The monoisotopic (exact) mass is 486 g/mol. The summed E-state index contributed by atoms with van der Waals surface area (Å²) in [6.07, 6.45) is 0. The number of sulfone groups is 1. The highest BCUT2D eigenvalue weighted by Crippen LogP contribution is 2.41. The number of methoxy groups -OCH3 is 2. The highest BCUT2D eigenvalue weighted by molar-refractivity contribution is 8.13. The number of ether oxygens (including phenoxy) is 2. The van der Waals surface area contributed by atoms with E-state index in [-0.39, 0.29) is 23.6 Å². The van der Waals surface area contributed by atoms with E-state index in [1.165, 1.54) is 11.8 Å². The van der Waals surface area contributed by atoms with Gasteiger partial charge in [0.25, 0.3) is 0 Å². The zero-order valence-electron chi connectivity index (χ0n) is 16.3. The third-order valence-corrected chi connectivity index (χ3v) is 8.58. The van der Waals surface area contributed by atoms with Gasteiger partial charge in [0.05, 0.1) is 53.5 Å². The van der Waals surface area contributed by atoms with Gasteiger partial charge in [0.15, 0.2) is 15.0 Å². The third kappa shape index (κ3) is 4.23. The first-order chi connectivity index (χ1) is 14.3. The van der Waals surface area contributed by atoms with Crippen molar-refractivity contribution in [2.24, 2.45) is 4.99 Å². The first-order valence-electron chi connectivity index (χ1n) is 9.17. The molecule has 0 amide bonds. The minimum Gasteiger partial charge on any atom is -0.497 e. The number of aliphatic imine (C=N–C) groups is 1. The molecular formula is C20H20Cl2N2O4S2. The van der Waals surface area contributed by atoms with Crippen LogP contribution in [0.4, 0.5) is 5.69 Å². The maximum Gasteiger partial charge on any atom is 0.164 e. The van der Waals surface area contributed by atoms with Crippen molar-refractivity contribution < 1.29 is 17.9 Å². The molecule has 0 radical (unpaired) electrons. The molecule has 0 spiro atoms. The molecule has 2 aromatic rings. The molecule has 0 saturated carbocycles. The Morgan fingerprint density at radius 3 is 2.60 bits per heavy atom. The van der Waals surface area contributed by atoms with Crippen molar-refractivity contribution in [1.29, 1.82) is 0 Å². The Morgan fingerprint density at radius 1 is 1.10 bits per heavy atom. The summed E-state index contributed by atoms with van der Waals surface area (Å²) in [5.41, 5.74) is 1.74. The van der Waals surface area contributed by atoms with E-state index >= 15 is 0 Å². The predicted octanol–water partition coefficient (Wildman–Crippen LogP) is 4.29. The SMILES string of the molecule is COc1ccc(OC)c(N2C(SCc3ccc(Cl)c(Cl)c3)=N[C@H]3CS(=O)(=O)C[C@@H]32)c1. The van der Waals surface area contributed by atoms with Gasteiger partial charge in [0.2, 0.25) is 0 Å². The van der Waals surface area contributed by atoms with Crippen LogP contribution >= 0.6 is 35.0 Å². The summed E-state index contributed by atoms with van der Waals surface area (Å²) in [7, 11) is 0.0322. The number of rotatable bonds is 5. The van der Waals surface area contributed by atoms with Gasteiger partial charge in [-0.3, -0.25) is 4.99 Å². The Balaban J connectivity index is 1.68. The van der Waals surface area contributed by atoms with Crippen LogP contribution in [0, 0.1) is 0 Å². The molecule has 10 heteroatoms. The molecule has 6 nitrogen and oxygen atoms in total. The molecule has 1 saturated heterocycles. The van der Waals surface area contributed by atoms with Crippen LogP contribution in [-0.2, 0) is 15.6 Å². The van der Waals surface area contributed by atoms with Crippen LogP contribution in [0.2, 0.25) is 10.0 Å². The molecule has 1 fully saturated rings. The smallest absolute Gasteiger partial charge is 0.164 e. The predicted molar refractivity (Wildman–Crippen MR) is 123 cm³/mol. The Morgan fingerprint density at radius 2 is 1.90 bits per heavy atom. The van der Waals surface area contributed by atoms with Crippen LogP contribution in [0.25, 0.3) is 0 Å². The molecule has 2 aromatic carbocycles.